The van der Waals surface area contributed by atoms with Crippen molar-refractivity contribution in [2.24, 2.45) is 5.92 Å². The van der Waals surface area contributed by atoms with Crippen molar-refractivity contribution >= 4 is 27.1 Å². The van der Waals surface area contributed by atoms with Crippen molar-refractivity contribution in [1.29, 1.82) is 0 Å². The van der Waals surface area contributed by atoms with Crippen molar-refractivity contribution in [3.05, 3.63) is 57.3 Å². The number of nitrogens with one attached hydrogen (secondary N) is 1. The lowest BCUT2D eigenvalue weighted by Gasteiger charge is -2.22. The zero-order valence-electron chi connectivity index (χ0n) is 15.9. The van der Waals surface area contributed by atoms with Crippen LogP contribution >= 0.6 is 11.3 Å². The molecule has 0 saturated heterocycles. The Labute approximate surface area is 165 Å². The predicted molar refractivity (Wildman–Crippen MR) is 111 cm³/mol. The Bertz CT molecular complexity index is 886. The minimum Gasteiger partial charge on any atom is -0.343 e. The second-order valence-electron chi connectivity index (χ2n) is 7.70. The van der Waals surface area contributed by atoms with E-state index < -0.39 is 21.5 Å². The molecule has 0 bridgehead atoms. The van der Waals surface area contributed by atoms with E-state index >= 15 is 0 Å². The molecule has 1 atom stereocenters. The number of rotatable bonds is 7. The Morgan fingerprint density at radius 2 is 1.89 bits per heavy atom. The molecule has 27 heavy (non-hydrogen) atoms. The molecule has 0 spiro atoms. The van der Waals surface area contributed by atoms with Crippen LogP contribution in [-0.4, -0.2) is 25.8 Å². The van der Waals surface area contributed by atoms with Crippen LogP contribution in [-0.2, 0) is 27.5 Å². The Morgan fingerprint density at radius 1 is 1.15 bits per heavy atom. The molecule has 1 heterocycles. The summed E-state index contributed by atoms with van der Waals surface area (Å²) in [5, 5.41) is 4.94. The lowest BCUT2D eigenvalue weighted by atomic mass is 9.89. The van der Waals surface area contributed by atoms with E-state index in [-0.39, 0.29) is 17.7 Å². The molecule has 0 radical (unpaired) electrons. The van der Waals surface area contributed by atoms with Gasteiger partial charge in [-0.1, -0.05) is 38.1 Å². The van der Waals surface area contributed by atoms with E-state index in [1.165, 1.54) is 24.0 Å². The molecule has 1 aliphatic carbocycles. The number of hydrogen-bond acceptors (Lipinski definition) is 4. The molecule has 146 valence electrons. The van der Waals surface area contributed by atoms with Gasteiger partial charge in [0.15, 0.2) is 9.84 Å². The third-order valence-electron chi connectivity index (χ3n) is 4.78. The molecular formula is C21H27NO3S2. The van der Waals surface area contributed by atoms with Gasteiger partial charge in [0.2, 0.25) is 5.91 Å². The molecule has 6 heteroatoms. The predicted octanol–water partition coefficient (Wildman–Crippen LogP) is 3.90. The fraction of sp³-hybridized carbons (Fsp3) is 0.476. The van der Waals surface area contributed by atoms with Crippen LogP contribution in [0.4, 0.5) is 0 Å². The quantitative estimate of drug-likeness (QED) is 0.760. The number of hydrogen-bond donors (Lipinski definition) is 1. The molecule has 1 aromatic carbocycles. The summed E-state index contributed by atoms with van der Waals surface area (Å²) in [6.07, 6.45) is 4.60. The summed E-state index contributed by atoms with van der Waals surface area (Å²) in [7, 11) is -3.40. The van der Waals surface area contributed by atoms with Crippen LogP contribution in [0.2, 0.25) is 0 Å². The van der Waals surface area contributed by atoms with Crippen molar-refractivity contribution in [2.75, 3.05) is 11.5 Å². The lowest BCUT2D eigenvalue weighted by Crippen LogP contribution is -2.35. The van der Waals surface area contributed by atoms with E-state index in [2.05, 4.69) is 23.5 Å². The van der Waals surface area contributed by atoms with Gasteiger partial charge in [-0.15, -0.1) is 11.3 Å². The molecule has 2 aromatic rings. The minimum atomic E-state index is -3.40. The third-order valence-corrected chi connectivity index (χ3v) is 7.59. The van der Waals surface area contributed by atoms with Gasteiger partial charge >= 0.3 is 0 Å². The van der Waals surface area contributed by atoms with E-state index in [9.17, 15) is 13.2 Å². The second-order valence-corrected chi connectivity index (χ2v) is 10.8. The number of fused-ring (bicyclic) bond motifs is 1. The van der Waals surface area contributed by atoms with Crippen LogP contribution < -0.4 is 5.32 Å². The summed E-state index contributed by atoms with van der Waals surface area (Å²) >= 11 is 1.57. The van der Waals surface area contributed by atoms with Crippen LogP contribution in [0.25, 0.3) is 0 Å². The van der Waals surface area contributed by atoms with Gasteiger partial charge in [0.25, 0.3) is 0 Å². The number of sulfone groups is 1. The standard InChI is InChI=1S/C21H27NO3S2/c1-15(2)13-27(24,25)14-20(23)22-21(19-8-5-11-26-19)18-10-9-16-6-3-4-7-17(16)12-18/h5,8-12,15,21H,3-4,6-7,13-14H2,1-2H3,(H,22,23). The highest BCUT2D eigenvalue weighted by Gasteiger charge is 2.24. The van der Waals surface area contributed by atoms with E-state index in [4.69, 9.17) is 0 Å². The number of carbonyl (C=O) groups excluding carboxylic acids is 1. The molecule has 1 aliphatic rings. The smallest absolute Gasteiger partial charge is 0.235 e. The molecule has 1 amide bonds. The number of benzene rings is 1. The molecule has 3 rings (SSSR count). The molecular weight excluding hydrogens is 378 g/mol. The monoisotopic (exact) mass is 405 g/mol. The second kappa shape index (κ2) is 8.57. The molecule has 0 fully saturated rings. The van der Waals surface area contributed by atoms with Crippen molar-refractivity contribution in [2.45, 2.75) is 45.6 Å². The highest BCUT2D eigenvalue weighted by atomic mass is 32.2. The lowest BCUT2D eigenvalue weighted by molar-refractivity contribution is -0.119. The maximum Gasteiger partial charge on any atom is 0.235 e. The largest absolute Gasteiger partial charge is 0.343 e. The summed E-state index contributed by atoms with van der Waals surface area (Å²) in [5.41, 5.74) is 3.76. The van der Waals surface area contributed by atoms with Crippen LogP contribution in [0.1, 0.15) is 54.3 Å². The maximum absolute atomic E-state index is 12.5. The first-order valence-corrected chi connectivity index (χ1v) is 12.2. The summed E-state index contributed by atoms with van der Waals surface area (Å²) in [4.78, 5) is 13.5. The van der Waals surface area contributed by atoms with Gasteiger partial charge < -0.3 is 5.32 Å². The third kappa shape index (κ3) is 5.42. The van der Waals surface area contributed by atoms with Gasteiger partial charge in [-0.25, -0.2) is 8.42 Å². The first kappa shape index (κ1) is 20.1. The van der Waals surface area contributed by atoms with Crippen LogP contribution in [0.5, 0.6) is 0 Å². The number of aryl methyl sites for hydroxylation is 2. The van der Waals surface area contributed by atoms with Gasteiger partial charge in [-0.2, -0.15) is 0 Å². The van der Waals surface area contributed by atoms with Gasteiger partial charge in [0.05, 0.1) is 11.8 Å². The summed E-state index contributed by atoms with van der Waals surface area (Å²) < 4.78 is 24.4. The van der Waals surface area contributed by atoms with E-state index in [0.717, 1.165) is 23.3 Å². The molecule has 0 aliphatic heterocycles. The topological polar surface area (TPSA) is 63.2 Å². The van der Waals surface area contributed by atoms with Crippen molar-refractivity contribution in [3.8, 4) is 0 Å². The molecule has 1 unspecified atom stereocenters. The van der Waals surface area contributed by atoms with E-state index in [1.54, 1.807) is 11.3 Å². The van der Waals surface area contributed by atoms with Crippen molar-refractivity contribution in [3.63, 3.8) is 0 Å². The Balaban J connectivity index is 1.82. The maximum atomic E-state index is 12.5. The Hall–Kier alpha value is -1.66. The zero-order valence-corrected chi connectivity index (χ0v) is 17.5. The van der Waals surface area contributed by atoms with Crippen LogP contribution in [0.15, 0.2) is 35.7 Å². The van der Waals surface area contributed by atoms with Gasteiger partial charge in [-0.05, 0) is 59.7 Å². The number of thiophene rings is 1. The average molecular weight is 406 g/mol. The van der Waals surface area contributed by atoms with Gasteiger partial charge in [0.1, 0.15) is 5.75 Å². The van der Waals surface area contributed by atoms with Crippen LogP contribution in [0.3, 0.4) is 0 Å². The average Bonchev–Trinajstić information content (AvgIpc) is 3.12. The van der Waals surface area contributed by atoms with Crippen LogP contribution in [0, 0.1) is 5.92 Å². The highest BCUT2D eigenvalue weighted by Crippen LogP contribution is 2.30. The highest BCUT2D eigenvalue weighted by molar-refractivity contribution is 7.92. The Morgan fingerprint density at radius 3 is 2.56 bits per heavy atom. The van der Waals surface area contributed by atoms with E-state index in [0.29, 0.717) is 0 Å². The van der Waals surface area contributed by atoms with Gasteiger partial charge in [-0.3, -0.25) is 4.79 Å². The first-order chi connectivity index (χ1) is 12.8. The summed E-state index contributed by atoms with van der Waals surface area (Å²) in [6, 6.07) is 10.0. The minimum absolute atomic E-state index is 0.0107. The molecule has 1 aromatic heterocycles. The van der Waals surface area contributed by atoms with Crippen molar-refractivity contribution in [1.82, 2.24) is 5.32 Å². The summed E-state index contributed by atoms with van der Waals surface area (Å²) in [5.74, 6) is -0.857. The number of carbonyl (C=O) groups is 1. The molecule has 0 saturated carbocycles. The molecule has 1 N–H and O–H groups in total. The fourth-order valence-electron chi connectivity index (χ4n) is 3.68. The molecule has 4 nitrogen and oxygen atoms in total. The zero-order chi connectivity index (χ0) is 19.4. The summed E-state index contributed by atoms with van der Waals surface area (Å²) in [6.45, 7) is 3.69. The van der Waals surface area contributed by atoms with E-state index in [1.807, 2.05) is 31.4 Å². The Kier molecular flexibility index (Phi) is 6.37. The normalized spacial score (nSPS) is 15.4. The van der Waals surface area contributed by atoms with Crippen molar-refractivity contribution < 1.29 is 13.2 Å². The SMILES string of the molecule is CC(C)CS(=O)(=O)CC(=O)NC(c1ccc2c(c1)CCCC2)c1cccs1. The fourth-order valence-corrected chi connectivity index (χ4v) is 6.10. The number of amides is 1. The first-order valence-electron chi connectivity index (χ1n) is 9.49. The van der Waals surface area contributed by atoms with Gasteiger partial charge in [0, 0.05) is 4.88 Å².